The molecular weight excluding hydrogens is 278 g/mol. The van der Waals surface area contributed by atoms with Gasteiger partial charge in [0.1, 0.15) is 4.90 Å². The summed E-state index contributed by atoms with van der Waals surface area (Å²) in [6, 6.07) is 2.71. The number of nitrogens with zero attached hydrogens (tertiary/aromatic N) is 2. The molecule has 2 N–H and O–H groups in total. The van der Waals surface area contributed by atoms with Gasteiger partial charge in [-0.25, -0.2) is 13.4 Å². The summed E-state index contributed by atoms with van der Waals surface area (Å²) in [6.45, 7) is 2.01. The van der Waals surface area contributed by atoms with Crippen molar-refractivity contribution in [1.82, 2.24) is 9.29 Å². The summed E-state index contributed by atoms with van der Waals surface area (Å²) in [4.78, 5) is 4.00. The molecule has 0 amide bonds. The Labute approximate surface area is 114 Å². The molecule has 0 radical (unpaired) electrons. The van der Waals surface area contributed by atoms with Gasteiger partial charge in [0.05, 0.1) is 13.3 Å². The highest BCUT2D eigenvalue weighted by molar-refractivity contribution is 7.89. The van der Waals surface area contributed by atoms with Crippen molar-refractivity contribution in [2.75, 3.05) is 20.7 Å². The maximum atomic E-state index is 12.1. The second-order valence-electron chi connectivity index (χ2n) is 3.64. The third kappa shape index (κ3) is 3.55. The van der Waals surface area contributed by atoms with Crippen molar-refractivity contribution < 1.29 is 13.2 Å². The van der Waals surface area contributed by atoms with Crippen LogP contribution in [0.2, 0.25) is 0 Å². The molecule has 0 fully saturated rings. The lowest BCUT2D eigenvalue weighted by atomic mass is 10.4. The van der Waals surface area contributed by atoms with E-state index in [0.29, 0.717) is 5.88 Å². The van der Waals surface area contributed by atoms with Crippen LogP contribution in [0.25, 0.3) is 0 Å². The van der Waals surface area contributed by atoms with Crippen LogP contribution >= 0.6 is 12.4 Å². The lowest BCUT2D eigenvalue weighted by molar-refractivity contribution is 0.391. The first kappa shape index (κ1) is 17.1. The largest absolute Gasteiger partial charge is 0.481 e. The number of ether oxygens (including phenoxy) is 1. The van der Waals surface area contributed by atoms with Crippen molar-refractivity contribution in [2.45, 2.75) is 17.9 Å². The Balaban J connectivity index is 0.00000289. The second kappa shape index (κ2) is 6.89. The summed E-state index contributed by atoms with van der Waals surface area (Å²) < 4.78 is 30.3. The molecule has 0 aliphatic carbocycles. The van der Waals surface area contributed by atoms with E-state index in [4.69, 9.17) is 10.5 Å². The van der Waals surface area contributed by atoms with E-state index >= 15 is 0 Å². The number of rotatable bonds is 5. The Morgan fingerprint density at radius 2 is 2.11 bits per heavy atom. The van der Waals surface area contributed by atoms with Gasteiger partial charge < -0.3 is 10.5 Å². The van der Waals surface area contributed by atoms with Crippen LogP contribution in [-0.4, -0.2) is 44.5 Å². The third-order valence-corrected chi connectivity index (χ3v) is 4.51. The molecular formula is C10H18ClN3O3S. The highest BCUT2D eigenvalue weighted by Crippen LogP contribution is 2.17. The zero-order valence-electron chi connectivity index (χ0n) is 10.5. The van der Waals surface area contributed by atoms with E-state index in [1.54, 1.807) is 6.92 Å². The average molecular weight is 296 g/mol. The van der Waals surface area contributed by atoms with Gasteiger partial charge in [0.15, 0.2) is 0 Å². The first-order chi connectivity index (χ1) is 7.93. The third-order valence-electron chi connectivity index (χ3n) is 2.56. The van der Waals surface area contributed by atoms with Crippen LogP contribution in [0, 0.1) is 0 Å². The summed E-state index contributed by atoms with van der Waals surface area (Å²) in [5.74, 6) is 0.374. The quantitative estimate of drug-likeness (QED) is 0.854. The summed E-state index contributed by atoms with van der Waals surface area (Å²) in [5.41, 5.74) is 5.45. The predicted octanol–water partition coefficient (Wildman–Crippen LogP) is 0.480. The standard InChI is InChI=1S/C10H17N3O3S.ClH/c1-8(6-11)13(2)17(14,15)9-4-5-10(16-3)12-7-9;/h4-5,7-8H,6,11H2,1-3H3;1H. The van der Waals surface area contributed by atoms with Gasteiger partial charge in [-0.05, 0) is 13.0 Å². The second-order valence-corrected chi connectivity index (χ2v) is 5.64. The smallest absolute Gasteiger partial charge is 0.244 e. The first-order valence-corrected chi connectivity index (χ1v) is 6.55. The molecule has 1 heterocycles. The highest BCUT2D eigenvalue weighted by Gasteiger charge is 2.24. The van der Waals surface area contributed by atoms with Crippen LogP contribution < -0.4 is 10.5 Å². The van der Waals surface area contributed by atoms with E-state index in [1.165, 1.54) is 36.8 Å². The molecule has 0 saturated heterocycles. The molecule has 0 spiro atoms. The molecule has 0 aromatic carbocycles. The van der Waals surface area contributed by atoms with Gasteiger partial charge in [0, 0.05) is 25.7 Å². The van der Waals surface area contributed by atoms with Crippen molar-refractivity contribution >= 4 is 22.4 Å². The molecule has 0 aliphatic rings. The fraction of sp³-hybridized carbons (Fsp3) is 0.500. The number of halogens is 1. The fourth-order valence-corrected chi connectivity index (χ4v) is 2.51. The molecule has 1 rings (SSSR count). The van der Waals surface area contributed by atoms with Gasteiger partial charge in [-0.2, -0.15) is 4.31 Å². The van der Waals surface area contributed by atoms with Crippen LogP contribution in [0.4, 0.5) is 0 Å². The Bertz CT molecular complexity index is 464. The van der Waals surface area contributed by atoms with Crippen LogP contribution in [0.3, 0.4) is 0 Å². The monoisotopic (exact) mass is 295 g/mol. The lowest BCUT2D eigenvalue weighted by Crippen LogP contribution is -2.39. The molecule has 6 nitrogen and oxygen atoms in total. The highest BCUT2D eigenvalue weighted by atomic mass is 35.5. The Morgan fingerprint density at radius 1 is 1.50 bits per heavy atom. The normalized spacial score (nSPS) is 12.9. The van der Waals surface area contributed by atoms with E-state index in [1.807, 2.05) is 0 Å². The summed E-state index contributed by atoms with van der Waals surface area (Å²) in [6.07, 6.45) is 1.27. The molecule has 0 bridgehead atoms. The number of pyridine rings is 1. The van der Waals surface area contributed by atoms with Gasteiger partial charge in [-0.15, -0.1) is 12.4 Å². The molecule has 1 aromatic rings. The van der Waals surface area contributed by atoms with Gasteiger partial charge in [-0.3, -0.25) is 0 Å². The number of likely N-dealkylation sites (N-methyl/N-ethyl adjacent to an activating group) is 1. The SMILES string of the molecule is COc1ccc(S(=O)(=O)N(C)C(C)CN)cn1.Cl. The van der Waals surface area contributed by atoms with E-state index < -0.39 is 10.0 Å². The Hall–Kier alpha value is -0.890. The van der Waals surface area contributed by atoms with Crippen LogP contribution in [0.5, 0.6) is 5.88 Å². The minimum Gasteiger partial charge on any atom is -0.481 e. The van der Waals surface area contributed by atoms with Crippen molar-refractivity contribution in [3.63, 3.8) is 0 Å². The maximum absolute atomic E-state index is 12.1. The molecule has 1 aromatic heterocycles. The predicted molar refractivity (Wildman–Crippen MR) is 71.5 cm³/mol. The number of hydrogen-bond acceptors (Lipinski definition) is 5. The van der Waals surface area contributed by atoms with Gasteiger partial charge >= 0.3 is 0 Å². The number of methoxy groups -OCH3 is 1. The van der Waals surface area contributed by atoms with Crippen LogP contribution in [0.1, 0.15) is 6.92 Å². The maximum Gasteiger partial charge on any atom is 0.244 e. The molecule has 1 atom stereocenters. The van der Waals surface area contributed by atoms with E-state index in [9.17, 15) is 8.42 Å². The molecule has 104 valence electrons. The first-order valence-electron chi connectivity index (χ1n) is 5.11. The topological polar surface area (TPSA) is 85.5 Å². The average Bonchev–Trinajstić information content (AvgIpc) is 2.36. The Kier molecular flexibility index (Phi) is 6.55. The minimum absolute atomic E-state index is 0. The van der Waals surface area contributed by atoms with Crippen LogP contribution in [-0.2, 0) is 10.0 Å². The summed E-state index contributed by atoms with van der Waals surface area (Å²) in [5, 5.41) is 0. The van der Waals surface area contributed by atoms with E-state index in [0.717, 1.165) is 0 Å². The summed E-state index contributed by atoms with van der Waals surface area (Å²) >= 11 is 0. The molecule has 1 unspecified atom stereocenters. The van der Waals surface area contributed by atoms with Crippen molar-refractivity contribution in [2.24, 2.45) is 5.73 Å². The number of aromatic nitrogens is 1. The van der Waals surface area contributed by atoms with Gasteiger partial charge in [0.25, 0.3) is 0 Å². The number of nitrogens with two attached hydrogens (primary N) is 1. The van der Waals surface area contributed by atoms with E-state index in [-0.39, 0.29) is 29.9 Å². The molecule has 8 heteroatoms. The molecule has 0 saturated carbocycles. The zero-order valence-corrected chi connectivity index (χ0v) is 12.2. The summed E-state index contributed by atoms with van der Waals surface area (Å²) in [7, 11) is -0.572. The molecule has 0 aliphatic heterocycles. The van der Waals surface area contributed by atoms with Gasteiger partial charge in [-0.1, -0.05) is 0 Å². The van der Waals surface area contributed by atoms with Crippen molar-refractivity contribution in [1.29, 1.82) is 0 Å². The van der Waals surface area contributed by atoms with Crippen molar-refractivity contribution in [3.8, 4) is 5.88 Å². The zero-order chi connectivity index (χ0) is 13.1. The lowest BCUT2D eigenvalue weighted by Gasteiger charge is -2.22. The van der Waals surface area contributed by atoms with E-state index in [2.05, 4.69) is 4.98 Å². The number of sulfonamides is 1. The minimum atomic E-state index is -3.54. The molecule has 18 heavy (non-hydrogen) atoms. The van der Waals surface area contributed by atoms with Gasteiger partial charge in [0.2, 0.25) is 15.9 Å². The van der Waals surface area contributed by atoms with Crippen molar-refractivity contribution in [3.05, 3.63) is 18.3 Å². The Morgan fingerprint density at radius 3 is 2.50 bits per heavy atom. The fourth-order valence-electron chi connectivity index (χ4n) is 1.19. The number of hydrogen-bond donors (Lipinski definition) is 1. The van der Waals surface area contributed by atoms with Crippen LogP contribution in [0.15, 0.2) is 23.2 Å².